The van der Waals surface area contributed by atoms with Gasteiger partial charge in [-0.3, -0.25) is 9.69 Å². The van der Waals surface area contributed by atoms with E-state index in [0.29, 0.717) is 6.61 Å². The lowest BCUT2D eigenvalue weighted by Gasteiger charge is -2.36. The Bertz CT molecular complexity index is 1020. The van der Waals surface area contributed by atoms with Crippen molar-refractivity contribution in [3.8, 4) is 5.75 Å². The van der Waals surface area contributed by atoms with Gasteiger partial charge in [-0.15, -0.1) is 0 Å². The van der Waals surface area contributed by atoms with Gasteiger partial charge in [-0.2, -0.15) is 0 Å². The van der Waals surface area contributed by atoms with Gasteiger partial charge in [0.1, 0.15) is 5.75 Å². The van der Waals surface area contributed by atoms with Crippen LogP contribution in [0.1, 0.15) is 12.0 Å². The predicted molar refractivity (Wildman–Crippen MR) is 119 cm³/mol. The summed E-state index contributed by atoms with van der Waals surface area (Å²) in [5.41, 5.74) is 3.57. The van der Waals surface area contributed by atoms with Crippen LogP contribution in [0.15, 0.2) is 59.4 Å². The van der Waals surface area contributed by atoms with Gasteiger partial charge in [0, 0.05) is 56.9 Å². The molecule has 29 heavy (non-hydrogen) atoms. The minimum atomic E-state index is 0.00800. The molecule has 1 fully saturated rings. The van der Waals surface area contributed by atoms with E-state index in [0.717, 1.165) is 55.8 Å². The molecule has 1 aromatic heterocycles. The molecule has 3 aromatic rings. The lowest BCUT2D eigenvalue weighted by molar-refractivity contribution is 0.225. The molecule has 0 saturated carbocycles. The van der Waals surface area contributed by atoms with Gasteiger partial charge >= 0.3 is 0 Å². The van der Waals surface area contributed by atoms with Gasteiger partial charge < -0.3 is 14.2 Å². The summed E-state index contributed by atoms with van der Waals surface area (Å²) in [6, 6.07) is 18.2. The molecule has 5 heteroatoms. The standard InChI is InChI=1S/C24H29N3O2/c1-19-4-7-21(8-5-19)27-15-13-26(14-16-27)12-3-17-29-22-9-10-23-20(18-22)6-11-24(28)25(23)2/h4-11,18H,3,12-17H2,1-2H3. The van der Waals surface area contributed by atoms with Crippen molar-refractivity contribution in [1.82, 2.24) is 9.47 Å². The number of nitrogens with zero attached hydrogens (tertiary/aromatic N) is 3. The van der Waals surface area contributed by atoms with Gasteiger partial charge in [0.05, 0.1) is 12.1 Å². The first kappa shape index (κ1) is 19.5. The van der Waals surface area contributed by atoms with E-state index in [1.807, 2.05) is 24.3 Å². The number of aryl methyl sites for hydroxylation is 2. The highest BCUT2D eigenvalue weighted by atomic mass is 16.5. The number of hydrogen-bond donors (Lipinski definition) is 0. The van der Waals surface area contributed by atoms with Crippen molar-refractivity contribution >= 4 is 16.6 Å². The summed E-state index contributed by atoms with van der Waals surface area (Å²) in [6.07, 6.45) is 1.01. The number of ether oxygens (including phenoxy) is 1. The van der Waals surface area contributed by atoms with E-state index in [-0.39, 0.29) is 5.56 Å². The summed E-state index contributed by atoms with van der Waals surface area (Å²) in [5, 5.41) is 1.02. The van der Waals surface area contributed by atoms with Crippen LogP contribution in [-0.2, 0) is 7.05 Å². The number of pyridine rings is 1. The maximum Gasteiger partial charge on any atom is 0.250 e. The summed E-state index contributed by atoms with van der Waals surface area (Å²) in [6.45, 7) is 8.24. The predicted octanol–water partition coefficient (Wildman–Crippen LogP) is 3.44. The highest BCUT2D eigenvalue weighted by molar-refractivity contribution is 5.80. The summed E-state index contributed by atoms with van der Waals surface area (Å²) >= 11 is 0. The Labute approximate surface area is 172 Å². The normalized spacial score (nSPS) is 15.0. The second-order valence-electron chi connectivity index (χ2n) is 7.82. The van der Waals surface area contributed by atoms with E-state index >= 15 is 0 Å². The molecule has 1 aliphatic rings. The summed E-state index contributed by atoms with van der Waals surface area (Å²) in [7, 11) is 1.80. The van der Waals surface area contributed by atoms with E-state index in [2.05, 4.69) is 41.0 Å². The zero-order valence-electron chi connectivity index (χ0n) is 17.3. The maximum absolute atomic E-state index is 11.7. The van der Waals surface area contributed by atoms with Crippen LogP contribution in [0, 0.1) is 6.92 Å². The van der Waals surface area contributed by atoms with Crippen LogP contribution < -0.4 is 15.2 Å². The van der Waals surface area contributed by atoms with Crippen LogP contribution in [0.5, 0.6) is 5.75 Å². The molecular formula is C24H29N3O2. The zero-order valence-corrected chi connectivity index (χ0v) is 17.3. The van der Waals surface area contributed by atoms with Gasteiger partial charge in [0.25, 0.3) is 5.56 Å². The van der Waals surface area contributed by atoms with Crippen LogP contribution in [0.3, 0.4) is 0 Å². The fraction of sp³-hybridized carbons (Fsp3) is 0.375. The van der Waals surface area contributed by atoms with Gasteiger partial charge in [0.15, 0.2) is 0 Å². The molecule has 5 nitrogen and oxygen atoms in total. The van der Waals surface area contributed by atoms with Crippen molar-refractivity contribution in [1.29, 1.82) is 0 Å². The minimum Gasteiger partial charge on any atom is -0.494 e. The molecule has 0 bridgehead atoms. The third-order valence-electron chi connectivity index (χ3n) is 5.76. The molecule has 2 heterocycles. The molecule has 0 amide bonds. The van der Waals surface area contributed by atoms with Gasteiger partial charge in [-0.1, -0.05) is 17.7 Å². The molecule has 0 aliphatic carbocycles. The van der Waals surface area contributed by atoms with Crippen molar-refractivity contribution < 1.29 is 4.74 Å². The molecule has 1 aliphatic heterocycles. The van der Waals surface area contributed by atoms with Crippen LogP contribution in [0.4, 0.5) is 5.69 Å². The fourth-order valence-corrected chi connectivity index (χ4v) is 3.92. The number of rotatable bonds is 6. The van der Waals surface area contributed by atoms with E-state index < -0.39 is 0 Å². The maximum atomic E-state index is 11.7. The van der Waals surface area contributed by atoms with Crippen molar-refractivity contribution in [3.05, 3.63) is 70.5 Å². The summed E-state index contributed by atoms with van der Waals surface area (Å²) < 4.78 is 7.61. The van der Waals surface area contributed by atoms with Crippen LogP contribution in [0.2, 0.25) is 0 Å². The highest BCUT2D eigenvalue weighted by Crippen LogP contribution is 2.20. The van der Waals surface area contributed by atoms with Crippen molar-refractivity contribution in [3.63, 3.8) is 0 Å². The molecule has 0 N–H and O–H groups in total. The Morgan fingerprint density at radius 1 is 0.931 bits per heavy atom. The number of fused-ring (bicyclic) bond motifs is 1. The average Bonchev–Trinajstić information content (AvgIpc) is 2.75. The highest BCUT2D eigenvalue weighted by Gasteiger charge is 2.16. The number of aromatic nitrogens is 1. The molecule has 0 atom stereocenters. The number of piperazine rings is 1. The Hall–Kier alpha value is -2.79. The van der Waals surface area contributed by atoms with E-state index in [1.54, 1.807) is 17.7 Å². The molecule has 0 radical (unpaired) electrons. The van der Waals surface area contributed by atoms with Gasteiger partial charge in [-0.05, 0) is 49.7 Å². The Balaban J connectivity index is 1.22. The van der Waals surface area contributed by atoms with Crippen molar-refractivity contribution in [2.24, 2.45) is 7.05 Å². The van der Waals surface area contributed by atoms with E-state index in [1.165, 1.54) is 11.3 Å². The zero-order chi connectivity index (χ0) is 20.2. The summed E-state index contributed by atoms with van der Waals surface area (Å²) in [5.74, 6) is 0.861. The molecular weight excluding hydrogens is 362 g/mol. The first-order valence-electron chi connectivity index (χ1n) is 10.4. The fourth-order valence-electron chi connectivity index (χ4n) is 3.92. The van der Waals surface area contributed by atoms with Crippen LogP contribution >= 0.6 is 0 Å². The topological polar surface area (TPSA) is 37.7 Å². The van der Waals surface area contributed by atoms with Gasteiger partial charge in [-0.25, -0.2) is 0 Å². The molecule has 0 spiro atoms. The van der Waals surface area contributed by atoms with Gasteiger partial charge in [0.2, 0.25) is 0 Å². The lowest BCUT2D eigenvalue weighted by Crippen LogP contribution is -2.46. The Morgan fingerprint density at radius 3 is 2.45 bits per heavy atom. The Kier molecular flexibility index (Phi) is 5.86. The first-order chi connectivity index (χ1) is 14.1. The second-order valence-corrected chi connectivity index (χ2v) is 7.82. The summed E-state index contributed by atoms with van der Waals surface area (Å²) in [4.78, 5) is 16.7. The molecule has 2 aromatic carbocycles. The quantitative estimate of drug-likeness (QED) is 0.604. The van der Waals surface area contributed by atoms with Crippen molar-refractivity contribution in [2.45, 2.75) is 13.3 Å². The van der Waals surface area contributed by atoms with E-state index in [9.17, 15) is 4.79 Å². The lowest BCUT2D eigenvalue weighted by atomic mass is 10.2. The molecule has 4 rings (SSSR count). The Morgan fingerprint density at radius 2 is 1.69 bits per heavy atom. The number of anilines is 1. The first-order valence-corrected chi connectivity index (χ1v) is 10.4. The third-order valence-corrected chi connectivity index (χ3v) is 5.76. The van der Waals surface area contributed by atoms with Crippen LogP contribution in [-0.4, -0.2) is 48.8 Å². The molecule has 152 valence electrons. The molecule has 1 saturated heterocycles. The van der Waals surface area contributed by atoms with Crippen molar-refractivity contribution in [2.75, 3.05) is 44.2 Å². The number of hydrogen-bond acceptors (Lipinski definition) is 4. The largest absolute Gasteiger partial charge is 0.494 e. The van der Waals surface area contributed by atoms with E-state index in [4.69, 9.17) is 4.74 Å². The monoisotopic (exact) mass is 391 g/mol. The SMILES string of the molecule is Cc1ccc(N2CCN(CCCOc3ccc4c(ccc(=O)n4C)c3)CC2)cc1. The third kappa shape index (κ3) is 4.62. The smallest absolute Gasteiger partial charge is 0.250 e. The second kappa shape index (κ2) is 8.70. The molecule has 0 unspecified atom stereocenters. The van der Waals surface area contributed by atoms with Crippen LogP contribution in [0.25, 0.3) is 10.9 Å². The number of benzene rings is 2. The average molecular weight is 392 g/mol. The minimum absolute atomic E-state index is 0.00800.